The van der Waals surface area contributed by atoms with E-state index >= 15 is 0 Å². The van der Waals surface area contributed by atoms with E-state index < -0.39 is 11.6 Å². The predicted octanol–water partition coefficient (Wildman–Crippen LogP) is 2.27. The molecule has 0 radical (unpaired) electrons. The summed E-state index contributed by atoms with van der Waals surface area (Å²) >= 11 is 3.39. The number of amides is 1. The summed E-state index contributed by atoms with van der Waals surface area (Å²) in [6.07, 6.45) is 4.80. The molecular formula is C16H21BrKNO4. The first kappa shape index (κ1) is 21.3. The fourth-order valence-corrected chi connectivity index (χ4v) is 2.87. The Hall–Kier alpha value is 0.236. The standard InChI is InChI=1S/C16H20BrNO4.K.H/c17-14-6-4-13(5-7-14)10-22-16(8-2-1-3-9-16)15(20)21-12-18-11-19;;/h4-7,11H,1-3,8-10,12H2,(H,18,19);;. The maximum atomic E-state index is 12.4. The SMILES string of the molecule is O=CNCOC(=O)C1(OCc2ccc(Br)cc2)CCCCC1.[KH]. The summed E-state index contributed by atoms with van der Waals surface area (Å²) in [7, 11) is 0. The van der Waals surface area contributed by atoms with Gasteiger partial charge in [-0.15, -0.1) is 0 Å². The van der Waals surface area contributed by atoms with Crippen LogP contribution in [-0.4, -0.2) is 76.1 Å². The summed E-state index contributed by atoms with van der Waals surface area (Å²) in [6, 6.07) is 7.80. The van der Waals surface area contributed by atoms with Crippen molar-refractivity contribution < 1.29 is 19.1 Å². The molecule has 2 rings (SSSR count). The van der Waals surface area contributed by atoms with E-state index in [0.29, 0.717) is 25.9 Å². The zero-order valence-electron chi connectivity index (χ0n) is 12.3. The normalized spacial score (nSPS) is 16.0. The molecule has 1 aromatic carbocycles. The second-order valence-corrected chi connectivity index (χ2v) is 6.28. The van der Waals surface area contributed by atoms with E-state index in [1.165, 1.54) is 0 Å². The van der Waals surface area contributed by atoms with Gasteiger partial charge in [0, 0.05) is 4.47 Å². The molecule has 23 heavy (non-hydrogen) atoms. The number of hydrogen-bond donors (Lipinski definition) is 1. The molecule has 1 saturated carbocycles. The van der Waals surface area contributed by atoms with E-state index in [4.69, 9.17) is 9.47 Å². The van der Waals surface area contributed by atoms with Crippen molar-refractivity contribution in [1.82, 2.24) is 5.32 Å². The van der Waals surface area contributed by atoms with E-state index in [2.05, 4.69) is 21.2 Å². The van der Waals surface area contributed by atoms with Crippen molar-refractivity contribution in [2.24, 2.45) is 0 Å². The maximum absolute atomic E-state index is 12.4. The molecule has 0 heterocycles. The van der Waals surface area contributed by atoms with Crippen LogP contribution in [0, 0.1) is 0 Å². The molecule has 1 aliphatic rings. The number of rotatable bonds is 7. The molecule has 0 saturated heterocycles. The van der Waals surface area contributed by atoms with E-state index in [1.807, 2.05) is 24.3 Å². The first-order chi connectivity index (χ1) is 10.7. The van der Waals surface area contributed by atoms with Gasteiger partial charge >= 0.3 is 57.4 Å². The van der Waals surface area contributed by atoms with Crippen LogP contribution in [0.5, 0.6) is 0 Å². The Morgan fingerprint density at radius 1 is 1.22 bits per heavy atom. The van der Waals surface area contributed by atoms with E-state index in [9.17, 15) is 9.59 Å². The van der Waals surface area contributed by atoms with E-state index in [-0.39, 0.29) is 58.1 Å². The number of carbonyl (C=O) groups excluding carboxylic acids is 2. The number of nitrogens with one attached hydrogen (secondary N) is 1. The van der Waals surface area contributed by atoms with Crippen molar-refractivity contribution in [3.63, 3.8) is 0 Å². The van der Waals surface area contributed by atoms with Crippen LogP contribution in [0.15, 0.2) is 28.7 Å². The van der Waals surface area contributed by atoms with Crippen LogP contribution >= 0.6 is 15.9 Å². The van der Waals surface area contributed by atoms with Crippen molar-refractivity contribution in [3.8, 4) is 0 Å². The molecule has 1 aromatic rings. The molecule has 1 N–H and O–H groups in total. The summed E-state index contributed by atoms with van der Waals surface area (Å²) in [5.41, 5.74) is 0.113. The number of carbonyl (C=O) groups is 2. The predicted molar refractivity (Wildman–Crippen MR) is 92.1 cm³/mol. The fourth-order valence-electron chi connectivity index (χ4n) is 2.61. The molecular weight excluding hydrogens is 389 g/mol. The Labute approximate surface area is 187 Å². The number of esters is 1. The minimum atomic E-state index is -0.893. The molecule has 5 nitrogen and oxygen atoms in total. The third-order valence-electron chi connectivity index (χ3n) is 3.83. The first-order valence-electron chi connectivity index (χ1n) is 7.39. The monoisotopic (exact) mass is 409 g/mol. The molecule has 0 unspecified atom stereocenters. The van der Waals surface area contributed by atoms with E-state index in [1.54, 1.807) is 0 Å². The molecule has 7 heteroatoms. The third kappa shape index (κ3) is 6.57. The molecule has 1 fully saturated rings. The molecule has 1 amide bonds. The topological polar surface area (TPSA) is 64.6 Å². The van der Waals surface area contributed by atoms with Crippen LogP contribution < -0.4 is 5.32 Å². The van der Waals surface area contributed by atoms with Crippen LogP contribution in [0.1, 0.15) is 37.7 Å². The Kier molecular flexibility index (Phi) is 10.1. The summed E-state index contributed by atoms with van der Waals surface area (Å²) in [4.78, 5) is 22.6. The summed E-state index contributed by atoms with van der Waals surface area (Å²) in [5.74, 6) is -0.390. The van der Waals surface area contributed by atoms with Crippen molar-refractivity contribution in [2.75, 3.05) is 6.73 Å². The van der Waals surface area contributed by atoms with Crippen molar-refractivity contribution in [3.05, 3.63) is 34.3 Å². The quantitative estimate of drug-likeness (QED) is 0.246. The van der Waals surface area contributed by atoms with Gasteiger partial charge in [-0.05, 0) is 43.4 Å². The molecule has 0 aliphatic heterocycles. The van der Waals surface area contributed by atoms with Crippen LogP contribution in [0.25, 0.3) is 0 Å². The molecule has 0 atom stereocenters. The number of hydrogen-bond acceptors (Lipinski definition) is 4. The van der Waals surface area contributed by atoms with Gasteiger partial charge in [0.05, 0.1) is 6.61 Å². The van der Waals surface area contributed by atoms with Crippen molar-refractivity contribution in [1.29, 1.82) is 0 Å². The number of ether oxygens (including phenoxy) is 2. The van der Waals surface area contributed by atoms with Crippen molar-refractivity contribution >= 4 is 79.7 Å². The van der Waals surface area contributed by atoms with Crippen molar-refractivity contribution in [2.45, 2.75) is 44.3 Å². The van der Waals surface area contributed by atoms with Gasteiger partial charge in [-0.2, -0.15) is 0 Å². The second-order valence-electron chi connectivity index (χ2n) is 5.37. The number of halogens is 1. The zero-order chi connectivity index (χ0) is 15.8. The van der Waals surface area contributed by atoms with Gasteiger partial charge in [0.15, 0.2) is 12.3 Å². The average Bonchev–Trinajstić information content (AvgIpc) is 2.55. The van der Waals surface area contributed by atoms with Gasteiger partial charge in [0.2, 0.25) is 6.41 Å². The summed E-state index contributed by atoms with van der Waals surface area (Å²) in [5, 5.41) is 2.33. The van der Waals surface area contributed by atoms with Gasteiger partial charge in [-0.1, -0.05) is 34.5 Å². The fraction of sp³-hybridized carbons (Fsp3) is 0.500. The van der Waals surface area contributed by atoms with E-state index in [0.717, 1.165) is 29.3 Å². The number of benzene rings is 1. The van der Waals surface area contributed by atoms with Crippen LogP contribution in [0.3, 0.4) is 0 Å². The first-order valence-corrected chi connectivity index (χ1v) is 8.18. The molecule has 0 bridgehead atoms. The Morgan fingerprint density at radius 2 is 1.87 bits per heavy atom. The molecule has 0 aromatic heterocycles. The van der Waals surface area contributed by atoms with Crippen LogP contribution in [-0.2, 0) is 25.7 Å². The Bertz CT molecular complexity index is 503. The van der Waals surface area contributed by atoms with Gasteiger partial charge in [0.25, 0.3) is 0 Å². The van der Waals surface area contributed by atoms with Gasteiger partial charge in [-0.25, -0.2) is 4.79 Å². The molecule has 1 aliphatic carbocycles. The van der Waals surface area contributed by atoms with Crippen LogP contribution in [0.2, 0.25) is 0 Å². The molecule has 0 spiro atoms. The summed E-state index contributed by atoms with van der Waals surface area (Å²) < 4.78 is 12.1. The molecule has 122 valence electrons. The Morgan fingerprint density at radius 3 is 2.48 bits per heavy atom. The minimum absolute atomic E-state index is 0. The van der Waals surface area contributed by atoms with Gasteiger partial charge in [-0.3, -0.25) is 4.79 Å². The zero-order valence-corrected chi connectivity index (χ0v) is 13.9. The second kappa shape index (κ2) is 11.0. The average molecular weight is 410 g/mol. The Balaban J connectivity index is 0.00000264. The summed E-state index contributed by atoms with van der Waals surface area (Å²) in [6.45, 7) is 0.245. The van der Waals surface area contributed by atoms with Crippen LogP contribution in [0.4, 0.5) is 0 Å². The van der Waals surface area contributed by atoms with Gasteiger partial charge < -0.3 is 14.8 Å². The van der Waals surface area contributed by atoms with Gasteiger partial charge in [0.1, 0.15) is 0 Å². The third-order valence-corrected chi connectivity index (χ3v) is 4.36.